The molecule has 0 aliphatic carbocycles. The van der Waals surface area contributed by atoms with Crippen molar-refractivity contribution < 1.29 is 4.79 Å². The molecule has 0 radical (unpaired) electrons. The molecule has 20 heavy (non-hydrogen) atoms. The number of carbonyl (C=O) groups is 1. The van der Waals surface area contributed by atoms with Crippen molar-refractivity contribution in [2.75, 3.05) is 25.5 Å². The Kier molecular flexibility index (Phi) is 5.86. The van der Waals surface area contributed by atoms with Gasteiger partial charge in [-0.1, -0.05) is 30.3 Å². The van der Waals surface area contributed by atoms with Gasteiger partial charge in [0.05, 0.1) is 0 Å². The van der Waals surface area contributed by atoms with Crippen molar-refractivity contribution in [3.63, 3.8) is 0 Å². The largest absolute Gasteiger partial charge is 0.340 e. The van der Waals surface area contributed by atoms with E-state index in [4.69, 9.17) is 11.6 Å². The number of hydrogen-bond acceptors (Lipinski definition) is 2. The van der Waals surface area contributed by atoms with Crippen molar-refractivity contribution in [2.24, 2.45) is 0 Å². The highest BCUT2D eigenvalue weighted by Crippen LogP contribution is 2.21. The summed E-state index contributed by atoms with van der Waals surface area (Å²) in [6.45, 7) is 5.64. The number of carbonyl (C=O) groups excluding carboxylic acids is 1. The Bertz CT molecular complexity index is 424. The van der Waals surface area contributed by atoms with Gasteiger partial charge < -0.3 is 4.90 Å². The average Bonchev–Trinajstić information content (AvgIpc) is 2.92. The molecule has 0 saturated carbocycles. The molecule has 0 N–H and O–H groups in total. The van der Waals surface area contributed by atoms with Gasteiger partial charge in [-0.3, -0.25) is 9.69 Å². The summed E-state index contributed by atoms with van der Waals surface area (Å²) in [7, 11) is 0. The standard InChI is InChI=1S/C16H23ClN2O/c1-2-18(16(20)11-17)13-15-9-6-10-19(15)12-14-7-4-3-5-8-14/h3-5,7-8,15H,2,6,9-13H2,1H3/t15-/m0/s1. The first-order valence-electron chi connectivity index (χ1n) is 7.36. The van der Waals surface area contributed by atoms with E-state index < -0.39 is 0 Å². The van der Waals surface area contributed by atoms with Crippen molar-refractivity contribution in [3.05, 3.63) is 35.9 Å². The molecule has 110 valence electrons. The van der Waals surface area contributed by atoms with E-state index in [0.717, 1.165) is 26.2 Å². The monoisotopic (exact) mass is 294 g/mol. The minimum absolute atomic E-state index is 0.0423. The van der Waals surface area contributed by atoms with Crippen molar-refractivity contribution in [3.8, 4) is 0 Å². The van der Waals surface area contributed by atoms with Crippen LogP contribution >= 0.6 is 11.6 Å². The fourth-order valence-corrected chi connectivity index (χ4v) is 3.04. The lowest BCUT2D eigenvalue weighted by molar-refractivity contribution is -0.129. The quantitative estimate of drug-likeness (QED) is 0.753. The topological polar surface area (TPSA) is 23.6 Å². The summed E-state index contributed by atoms with van der Waals surface area (Å²) >= 11 is 5.67. The number of rotatable bonds is 6. The zero-order chi connectivity index (χ0) is 14.4. The maximum atomic E-state index is 11.8. The molecule has 1 atom stereocenters. The van der Waals surface area contributed by atoms with Crippen LogP contribution in [0.15, 0.2) is 30.3 Å². The van der Waals surface area contributed by atoms with Crippen LogP contribution in [-0.2, 0) is 11.3 Å². The van der Waals surface area contributed by atoms with Gasteiger partial charge >= 0.3 is 0 Å². The molecule has 0 aromatic heterocycles. The minimum Gasteiger partial charge on any atom is -0.340 e. The first kappa shape index (κ1) is 15.3. The maximum Gasteiger partial charge on any atom is 0.237 e. The van der Waals surface area contributed by atoms with Gasteiger partial charge in [-0.15, -0.1) is 11.6 Å². The zero-order valence-corrected chi connectivity index (χ0v) is 12.9. The summed E-state index contributed by atoms with van der Waals surface area (Å²) in [6, 6.07) is 11.0. The van der Waals surface area contributed by atoms with Gasteiger partial charge in [0.25, 0.3) is 0 Å². The van der Waals surface area contributed by atoms with Crippen LogP contribution in [0.1, 0.15) is 25.3 Å². The molecule has 1 aliphatic rings. The summed E-state index contributed by atoms with van der Waals surface area (Å²) in [6.07, 6.45) is 2.38. The van der Waals surface area contributed by atoms with E-state index in [1.807, 2.05) is 17.9 Å². The molecule has 3 nitrogen and oxygen atoms in total. The van der Waals surface area contributed by atoms with Crippen LogP contribution in [0.4, 0.5) is 0 Å². The molecule has 1 saturated heterocycles. The Morgan fingerprint density at radius 3 is 2.80 bits per heavy atom. The first-order chi connectivity index (χ1) is 9.74. The molecular formula is C16H23ClN2O. The SMILES string of the molecule is CCN(C[C@@H]1CCCN1Cc1ccccc1)C(=O)CCl. The van der Waals surface area contributed by atoms with Gasteiger partial charge in [-0.05, 0) is 31.9 Å². The Morgan fingerprint density at radius 1 is 1.40 bits per heavy atom. The van der Waals surface area contributed by atoms with Crippen molar-refractivity contribution >= 4 is 17.5 Å². The van der Waals surface area contributed by atoms with Crippen LogP contribution in [-0.4, -0.2) is 47.3 Å². The molecule has 1 aromatic carbocycles. The summed E-state index contributed by atoms with van der Waals surface area (Å²) in [5.74, 6) is 0.125. The molecule has 0 bridgehead atoms. The average molecular weight is 295 g/mol. The van der Waals surface area contributed by atoms with Crippen LogP contribution in [0.25, 0.3) is 0 Å². The fraction of sp³-hybridized carbons (Fsp3) is 0.562. The number of likely N-dealkylation sites (tertiary alicyclic amines) is 1. The van der Waals surface area contributed by atoms with Gasteiger partial charge in [0.15, 0.2) is 0 Å². The Balaban J connectivity index is 1.95. The summed E-state index contributed by atoms with van der Waals surface area (Å²) in [4.78, 5) is 16.1. The predicted octanol–water partition coefficient (Wildman–Crippen LogP) is 2.74. The van der Waals surface area contributed by atoms with Crippen LogP contribution in [0, 0.1) is 0 Å². The summed E-state index contributed by atoms with van der Waals surface area (Å²) in [5.41, 5.74) is 1.34. The van der Waals surface area contributed by atoms with E-state index in [0.29, 0.717) is 6.04 Å². The molecule has 1 fully saturated rings. The molecule has 1 aliphatic heterocycles. The normalized spacial score (nSPS) is 19.2. The molecular weight excluding hydrogens is 272 g/mol. The van der Waals surface area contributed by atoms with E-state index >= 15 is 0 Å². The zero-order valence-electron chi connectivity index (χ0n) is 12.1. The number of benzene rings is 1. The molecule has 0 unspecified atom stereocenters. The predicted molar refractivity (Wildman–Crippen MR) is 82.8 cm³/mol. The van der Waals surface area contributed by atoms with Crippen LogP contribution in [0.3, 0.4) is 0 Å². The van der Waals surface area contributed by atoms with Crippen molar-refractivity contribution in [1.29, 1.82) is 0 Å². The van der Waals surface area contributed by atoms with E-state index in [9.17, 15) is 4.79 Å². The van der Waals surface area contributed by atoms with Gasteiger partial charge in [-0.25, -0.2) is 0 Å². The lowest BCUT2D eigenvalue weighted by atomic mass is 10.1. The van der Waals surface area contributed by atoms with E-state index in [-0.39, 0.29) is 11.8 Å². The Labute approximate surface area is 126 Å². The van der Waals surface area contributed by atoms with Gasteiger partial charge in [0.2, 0.25) is 5.91 Å². The highest BCUT2D eigenvalue weighted by Gasteiger charge is 2.27. The number of hydrogen-bond donors (Lipinski definition) is 0. The lowest BCUT2D eigenvalue weighted by Crippen LogP contribution is -2.43. The van der Waals surface area contributed by atoms with Crippen LogP contribution < -0.4 is 0 Å². The van der Waals surface area contributed by atoms with Gasteiger partial charge in [0.1, 0.15) is 5.88 Å². The third-order valence-electron chi connectivity index (χ3n) is 4.01. The van der Waals surface area contributed by atoms with Crippen molar-refractivity contribution in [1.82, 2.24) is 9.80 Å². The van der Waals surface area contributed by atoms with Crippen LogP contribution in [0.5, 0.6) is 0 Å². The highest BCUT2D eigenvalue weighted by atomic mass is 35.5. The third kappa shape index (κ3) is 3.97. The Morgan fingerprint density at radius 2 is 2.15 bits per heavy atom. The molecule has 1 aromatic rings. The molecule has 0 spiro atoms. The van der Waals surface area contributed by atoms with Crippen molar-refractivity contribution in [2.45, 2.75) is 32.4 Å². The van der Waals surface area contributed by atoms with E-state index in [2.05, 4.69) is 29.2 Å². The smallest absolute Gasteiger partial charge is 0.237 e. The number of likely N-dealkylation sites (N-methyl/N-ethyl adjacent to an activating group) is 1. The second kappa shape index (κ2) is 7.65. The van der Waals surface area contributed by atoms with Crippen LogP contribution in [0.2, 0.25) is 0 Å². The molecule has 1 heterocycles. The number of amides is 1. The van der Waals surface area contributed by atoms with Gasteiger partial charge in [0, 0.05) is 25.7 Å². The highest BCUT2D eigenvalue weighted by molar-refractivity contribution is 6.27. The first-order valence-corrected chi connectivity index (χ1v) is 7.89. The molecule has 1 amide bonds. The number of nitrogens with zero attached hydrogens (tertiary/aromatic N) is 2. The maximum absolute atomic E-state index is 11.8. The summed E-state index contributed by atoms with van der Waals surface area (Å²) < 4.78 is 0. The summed E-state index contributed by atoms with van der Waals surface area (Å²) in [5, 5.41) is 0. The second-order valence-electron chi connectivity index (χ2n) is 5.32. The van der Waals surface area contributed by atoms with E-state index in [1.165, 1.54) is 18.4 Å². The second-order valence-corrected chi connectivity index (χ2v) is 5.59. The molecule has 2 rings (SSSR count). The lowest BCUT2D eigenvalue weighted by Gasteiger charge is -2.30. The number of alkyl halides is 1. The van der Waals surface area contributed by atoms with E-state index in [1.54, 1.807) is 0 Å². The Hall–Kier alpha value is -1.06. The third-order valence-corrected chi connectivity index (χ3v) is 4.24. The fourth-order valence-electron chi connectivity index (χ4n) is 2.87. The number of halogens is 1. The minimum atomic E-state index is 0.0423. The molecule has 4 heteroatoms. The van der Waals surface area contributed by atoms with Gasteiger partial charge in [-0.2, -0.15) is 0 Å².